The van der Waals surface area contributed by atoms with Crippen LogP contribution in [-0.4, -0.2) is 62.0 Å². The molecule has 1 aliphatic rings. The van der Waals surface area contributed by atoms with Gasteiger partial charge in [0.05, 0.1) is 18.3 Å². The van der Waals surface area contributed by atoms with Crippen molar-refractivity contribution in [2.75, 3.05) is 34.4 Å². The Hall–Kier alpha value is -1.81. The topological polar surface area (TPSA) is 112 Å². The third-order valence-electron chi connectivity index (χ3n) is 3.99. The van der Waals surface area contributed by atoms with E-state index in [-0.39, 0.29) is 30.0 Å². The quantitative estimate of drug-likeness (QED) is 0.600. The Morgan fingerprint density at radius 1 is 1.46 bits per heavy atom. The van der Waals surface area contributed by atoms with E-state index in [9.17, 15) is 14.4 Å². The molecule has 134 valence electrons. The van der Waals surface area contributed by atoms with Crippen molar-refractivity contribution in [3.05, 3.63) is 32.6 Å². The molecule has 1 aromatic heterocycles. The molecule has 1 aromatic rings. The van der Waals surface area contributed by atoms with Gasteiger partial charge in [0.2, 0.25) is 0 Å². The summed E-state index contributed by atoms with van der Waals surface area (Å²) >= 11 is 0. The van der Waals surface area contributed by atoms with Crippen LogP contribution >= 0.6 is 0 Å². The predicted molar refractivity (Wildman–Crippen MR) is 85.4 cm³/mol. The van der Waals surface area contributed by atoms with Gasteiger partial charge in [-0.1, -0.05) is 0 Å². The maximum Gasteiger partial charge on any atom is 0.330 e. The number of hydrogen-bond acceptors (Lipinski definition) is 7. The molecule has 2 N–H and O–H groups in total. The predicted octanol–water partition coefficient (Wildman–Crippen LogP) is -0.722. The first-order valence-corrected chi connectivity index (χ1v) is 7.72. The Morgan fingerprint density at radius 3 is 2.83 bits per heavy atom. The lowest BCUT2D eigenvalue weighted by Gasteiger charge is -2.16. The second-order valence-electron chi connectivity index (χ2n) is 5.58. The Labute approximate surface area is 138 Å². The fourth-order valence-electron chi connectivity index (χ4n) is 2.70. The molecular formula is C15H23N3O6. The summed E-state index contributed by atoms with van der Waals surface area (Å²) in [5, 5.41) is 2.85. The monoisotopic (exact) mass is 341 g/mol. The number of rotatable bonds is 8. The minimum Gasteiger partial charge on any atom is -0.382 e. The van der Waals surface area contributed by atoms with Crippen LogP contribution in [0.25, 0.3) is 0 Å². The van der Waals surface area contributed by atoms with Crippen molar-refractivity contribution in [3.8, 4) is 0 Å². The molecule has 2 rings (SSSR count). The van der Waals surface area contributed by atoms with Crippen molar-refractivity contribution in [2.45, 2.75) is 31.3 Å². The summed E-state index contributed by atoms with van der Waals surface area (Å²) in [5.74, 6) is -0.339. The van der Waals surface area contributed by atoms with Gasteiger partial charge in [0.1, 0.15) is 12.3 Å². The van der Waals surface area contributed by atoms with Crippen LogP contribution in [0.5, 0.6) is 0 Å². The summed E-state index contributed by atoms with van der Waals surface area (Å²) in [6.07, 6.45) is 0.655. The zero-order valence-electron chi connectivity index (χ0n) is 14.0. The third-order valence-corrected chi connectivity index (χ3v) is 3.99. The molecule has 2 heterocycles. The fourth-order valence-corrected chi connectivity index (χ4v) is 2.70. The van der Waals surface area contributed by atoms with E-state index < -0.39 is 17.5 Å². The van der Waals surface area contributed by atoms with E-state index >= 15 is 0 Å². The fraction of sp³-hybridized carbons (Fsp3) is 0.667. The van der Waals surface area contributed by atoms with Gasteiger partial charge >= 0.3 is 5.69 Å². The number of Topliss-reactive ketones (excluding diaryl/α,β-unsaturated/α-hetero) is 1. The Bertz CT molecular complexity index is 683. The van der Waals surface area contributed by atoms with Crippen molar-refractivity contribution in [2.24, 2.45) is 0 Å². The van der Waals surface area contributed by atoms with Gasteiger partial charge in [-0.2, -0.15) is 0 Å². The van der Waals surface area contributed by atoms with E-state index in [1.54, 1.807) is 21.3 Å². The zero-order chi connectivity index (χ0) is 17.7. The highest BCUT2D eigenvalue weighted by Crippen LogP contribution is 2.29. The zero-order valence-corrected chi connectivity index (χ0v) is 14.0. The first-order valence-electron chi connectivity index (χ1n) is 7.72. The van der Waals surface area contributed by atoms with E-state index in [0.29, 0.717) is 19.6 Å². The first kappa shape index (κ1) is 18.5. The average molecular weight is 341 g/mol. The van der Waals surface area contributed by atoms with Gasteiger partial charge in [-0.05, 0) is 7.05 Å². The maximum absolute atomic E-state index is 12.1. The molecule has 24 heavy (non-hydrogen) atoms. The number of aromatic nitrogens is 2. The number of carbonyl (C=O) groups excluding carboxylic acids is 1. The molecule has 1 fully saturated rings. The minimum absolute atomic E-state index is 0.0578. The van der Waals surface area contributed by atoms with Crippen LogP contribution in [0.3, 0.4) is 0 Å². The number of aromatic amines is 1. The summed E-state index contributed by atoms with van der Waals surface area (Å²) in [7, 11) is 4.82. The summed E-state index contributed by atoms with van der Waals surface area (Å²) in [6.45, 7) is 0.764. The van der Waals surface area contributed by atoms with Crippen molar-refractivity contribution in [1.29, 1.82) is 0 Å². The molecule has 9 heteroatoms. The number of hydrogen-bond donors (Lipinski definition) is 2. The van der Waals surface area contributed by atoms with E-state index in [1.165, 1.54) is 10.8 Å². The Morgan fingerprint density at radius 2 is 2.21 bits per heavy atom. The van der Waals surface area contributed by atoms with Crippen molar-refractivity contribution in [1.82, 2.24) is 14.9 Å². The van der Waals surface area contributed by atoms with Gasteiger partial charge in [-0.3, -0.25) is 19.1 Å². The standard InChI is InChI=1S/C15H23N3O6/c1-16-5-4-10(19)9-7-18(15(21)17-14(9)20)13-6-11(23-3)12(24-13)8-22-2/h7,11-13,16H,4-6,8H2,1-3H3,(H,17,20,21)/t11-,12-,13-/m1/s1. The summed E-state index contributed by atoms with van der Waals surface area (Å²) in [4.78, 5) is 38.3. The maximum atomic E-state index is 12.1. The summed E-state index contributed by atoms with van der Waals surface area (Å²) < 4.78 is 17.5. The molecular weight excluding hydrogens is 318 g/mol. The summed E-state index contributed by atoms with van der Waals surface area (Å²) in [5.41, 5.74) is -1.37. The van der Waals surface area contributed by atoms with Crippen molar-refractivity contribution < 1.29 is 19.0 Å². The van der Waals surface area contributed by atoms with Crippen LogP contribution in [-0.2, 0) is 14.2 Å². The van der Waals surface area contributed by atoms with Crippen LogP contribution in [0.4, 0.5) is 0 Å². The molecule has 9 nitrogen and oxygen atoms in total. The molecule has 0 radical (unpaired) electrons. The molecule has 1 aliphatic heterocycles. The molecule has 0 spiro atoms. The molecule has 0 amide bonds. The molecule has 3 atom stereocenters. The minimum atomic E-state index is -0.688. The van der Waals surface area contributed by atoms with Gasteiger partial charge in [0.15, 0.2) is 5.78 Å². The van der Waals surface area contributed by atoms with Crippen molar-refractivity contribution >= 4 is 5.78 Å². The number of methoxy groups -OCH3 is 2. The summed E-state index contributed by atoms with van der Waals surface area (Å²) in [6, 6.07) is 0. The molecule has 1 saturated heterocycles. The second kappa shape index (κ2) is 8.34. The normalized spacial score (nSPS) is 23.5. The Kier molecular flexibility index (Phi) is 6.44. The second-order valence-corrected chi connectivity index (χ2v) is 5.58. The van der Waals surface area contributed by atoms with Crippen LogP contribution in [0.1, 0.15) is 29.4 Å². The number of ether oxygens (including phenoxy) is 3. The van der Waals surface area contributed by atoms with E-state index in [0.717, 1.165) is 0 Å². The highest BCUT2D eigenvalue weighted by atomic mass is 16.6. The molecule has 0 aromatic carbocycles. The SMILES string of the molecule is CNCCC(=O)c1cn([C@H]2C[C@@H](OC)[C@@H](COC)O2)c(=O)[nH]c1=O. The Balaban J connectivity index is 2.29. The lowest BCUT2D eigenvalue weighted by atomic mass is 10.1. The van der Waals surface area contributed by atoms with Crippen LogP contribution in [0.2, 0.25) is 0 Å². The van der Waals surface area contributed by atoms with Gasteiger partial charge in [0.25, 0.3) is 5.56 Å². The lowest BCUT2D eigenvalue weighted by Crippen LogP contribution is -2.36. The van der Waals surface area contributed by atoms with Gasteiger partial charge in [0, 0.05) is 39.8 Å². The highest BCUT2D eigenvalue weighted by molar-refractivity contribution is 5.95. The van der Waals surface area contributed by atoms with Crippen LogP contribution in [0, 0.1) is 0 Å². The van der Waals surface area contributed by atoms with Gasteiger partial charge in [-0.25, -0.2) is 4.79 Å². The van der Waals surface area contributed by atoms with E-state index in [1.807, 2.05) is 0 Å². The molecule has 0 aliphatic carbocycles. The third kappa shape index (κ3) is 3.99. The lowest BCUT2D eigenvalue weighted by molar-refractivity contribution is -0.0618. The van der Waals surface area contributed by atoms with Crippen LogP contribution in [0.15, 0.2) is 15.8 Å². The molecule has 0 saturated carbocycles. The van der Waals surface area contributed by atoms with Crippen molar-refractivity contribution in [3.63, 3.8) is 0 Å². The number of nitrogens with one attached hydrogen (secondary N) is 2. The van der Waals surface area contributed by atoms with Gasteiger partial charge in [-0.15, -0.1) is 0 Å². The van der Waals surface area contributed by atoms with E-state index in [2.05, 4.69) is 10.3 Å². The number of ketones is 1. The molecule has 0 unspecified atom stereocenters. The number of carbonyl (C=O) groups is 1. The molecule has 0 bridgehead atoms. The van der Waals surface area contributed by atoms with E-state index in [4.69, 9.17) is 14.2 Å². The smallest absolute Gasteiger partial charge is 0.330 e. The largest absolute Gasteiger partial charge is 0.382 e. The first-order chi connectivity index (χ1) is 11.5. The van der Waals surface area contributed by atoms with Crippen LogP contribution < -0.4 is 16.6 Å². The number of nitrogens with zero attached hydrogens (tertiary/aromatic N) is 1. The average Bonchev–Trinajstić information content (AvgIpc) is 2.95. The number of H-pyrrole nitrogens is 1. The van der Waals surface area contributed by atoms with Gasteiger partial charge < -0.3 is 19.5 Å². The highest BCUT2D eigenvalue weighted by Gasteiger charge is 2.37.